The highest BCUT2D eigenvalue weighted by molar-refractivity contribution is 7.87. The molecule has 15 heteroatoms. The Labute approximate surface area is 271 Å². The third-order valence-electron chi connectivity index (χ3n) is 7.39. The van der Waals surface area contributed by atoms with Crippen molar-refractivity contribution < 1.29 is 42.7 Å². The summed E-state index contributed by atoms with van der Waals surface area (Å²) in [6, 6.07) is 18.2. The highest BCUT2D eigenvalue weighted by atomic mass is 32.2. The second kappa shape index (κ2) is 16.1. The van der Waals surface area contributed by atoms with Crippen LogP contribution in [0.5, 0.6) is 0 Å². The van der Waals surface area contributed by atoms with E-state index in [2.05, 4.69) is 0 Å². The average molecular weight is 698 g/mol. The normalized spacial score (nSPS) is 12.7. The zero-order valence-electron chi connectivity index (χ0n) is 26.0. The lowest BCUT2D eigenvalue weighted by molar-refractivity contribution is -0.574. The van der Waals surface area contributed by atoms with Gasteiger partial charge in [-0.1, -0.05) is 53.1 Å². The first-order chi connectivity index (χ1) is 21.6. The minimum absolute atomic E-state index is 0.0168. The fourth-order valence-corrected chi connectivity index (χ4v) is 7.51. The van der Waals surface area contributed by atoms with Crippen LogP contribution in [-0.2, 0) is 42.9 Å². The van der Waals surface area contributed by atoms with Crippen LogP contribution in [0.25, 0.3) is 0 Å². The standard InChI is InChI=1S/C31H39NO11S3/c1-25-7-13-28(14-8-25)44(35,36)41-22-4-19-31(32(33)34,20-5-23-42-45(37,38)29-15-9-26(2)10-16-29)21-6-24-43-46(39,40)30-17-11-27(3)12-18-30/h7-18H,4-6,19-24H2,1-3H3. The van der Waals surface area contributed by atoms with Crippen LogP contribution >= 0.6 is 0 Å². The number of nitro groups is 1. The molecule has 46 heavy (non-hydrogen) atoms. The molecule has 0 aliphatic carbocycles. The van der Waals surface area contributed by atoms with Crippen molar-refractivity contribution in [2.24, 2.45) is 0 Å². The second-order valence-electron chi connectivity index (χ2n) is 11.1. The summed E-state index contributed by atoms with van der Waals surface area (Å²) >= 11 is 0. The Morgan fingerprint density at radius 3 is 0.978 bits per heavy atom. The third kappa shape index (κ3) is 10.7. The number of hydrogen-bond donors (Lipinski definition) is 0. The maximum Gasteiger partial charge on any atom is 0.296 e. The molecule has 0 unspecified atom stereocenters. The molecule has 0 N–H and O–H groups in total. The van der Waals surface area contributed by atoms with Gasteiger partial charge in [0.2, 0.25) is 5.54 Å². The highest BCUT2D eigenvalue weighted by Gasteiger charge is 2.41. The van der Waals surface area contributed by atoms with Gasteiger partial charge in [0.1, 0.15) is 0 Å². The van der Waals surface area contributed by atoms with Crippen LogP contribution in [0.4, 0.5) is 0 Å². The number of hydrogen-bond acceptors (Lipinski definition) is 11. The molecule has 0 aromatic heterocycles. The van der Waals surface area contributed by atoms with Gasteiger partial charge in [0, 0.05) is 24.2 Å². The summed E-state index contributed by atoms with van der Waals surface area (Å²) in [5, 5.41) is 12.5. The van der Waals surface area contributed by atoms with E-state index >= 15 is 0 Å². The van der Waals surface area contributed by atoms with Crippen molar-refractivity contribution in [3.8, 4) is 0 Å². The van der Waals surface area contributed by atoms with Crippen LogP contribution in [0.1, 0.15) is 55.2 Å². The molecule has 3 aromatic rings. The van der Waals surface area contributed by atoms with E-state index in [0.717, 1.165) is 16.7 Å². The van der Waals surface area contributed by atoms with E-state index in [9.17, 15) is 35.4 Å². The Kier molecular flexibility index (Phi) is 13.0. The van der Waals surface area contributed by atoms with E-state index in [1.54, 1.807) is 57.2 Å². The van der Waals surface area contributed by atoms with E-state index in [4.69, 9.17) is 12.5 Å². The average Bonchev–Trinajstić information content (AvgIpc) is 3.00. The molecule has 0 aliphatic rings. The topological polar surface area (TPSA) is 173 Å². The Hall–Kier alpha value is -3.21. The minimum Gasteiger partial charge on any atom is -0.266 e. The van der Waals surface area contributed by atoms with Gasteiger partial charge in [0.25, 0.3) is 30.4 Å². The number of benzene rings is 3. The molecule has 0 aliphatic heterocycles. The molecule has 12 nitrogen and oxygen atoms in total. The molecule has 3 aromatic carbocycles. The maximum atomic E-state index is 12.6. The molecule has 0 spiro atoms. The monoisotopic (exact) mass is 697 g/mol. The zero-order valence-corrected chi connectivity index (χ0v) is 28.4. The van der Waals surface area contributed by atoms with Crippen LogP contribution in [0.15, 0.2) is 87.5 Å². The van der Waals surface area contributed by atoms with Crippen LogP contribution in [0, 0.1) is 30.9 Å². The van der Waals surface area contributed by atoms with E-state index in [0.29, 0.717) is 0 Å². The van der Waals surface area contributed by atoms with Gasteiger partial charge in [-0.05, 0) is 76.4 Å². The van der Waals surface area contributed by atoms with Crippen molar-refractivity contribution in [3.05, 3.63) is 99.6 Å². The van der Waals surface area contributed by atoms with Crippen molar-refractivity contribution in [2.45, 2.75) is 79.5 Å². The Bertz CT molecular complexity index is 1570. The number of nitrogens with zero attached hydrogens (tertiary/aromatic N) is 1. The first-order valence-electron chi connectivity index (χ1n) is 14.6. The van der Waals surface area contributed by atoms with Crippen molar-refractivity contribution in [3.63, 3.8) is 0 Å². The molecule has 0 bridgehead atoms. The van der Waals surface area contributed by atoms with Gasteiger partial charge in [0.15, 0.2) is 0 Å². The van der Waals surface area contributed by atoms with Crippen molar-refractivity contribution in [1.82, 2.24) is 0 Å². The van der Waals surface area contributed by atoms with E-state index < -0.39 is 40.8 Å². The maximum absolute atomic E-state index is 12.6. The summed E-state index contributed by atoms with van der Waals surface area (Å²) in [6.45, 7) is 4.42. The first-order valence-corrected chi connectivity index (χ1v) is 18.8. The van der Waals surface area contributed by atoms with Crippen molar-refractivity contribution >= 4 is 30.4 Å². The van der Waals surface area contributed by atoms with Gasteiger partial charge >= 0.3 is 0 Å². The van der Waals surface area contributed by atoms with E-state index in [-0.39, 0.29) is 73.0 Å². The van der Waals surface area contributed by atoms with E-state index in [1.165, 1.54) is 36.4 Å². The fourth-order valence-electron chi connectivity index (χ4n) is 4.68. The SMILES string of the molecule is Cc1ccc(S(=O)(=O)OCCCC(CCCOS(=O)(=O)c2ccc(C)cc2)(CCCOS(=O)(=O)c2ccc(C)cc2)[N+](=O)[O-])cc1. The van der Waals surface area contributed by atoms with Gasteiger partial charge in [0.05, 0.1) is 34.5 Å². The largest absolute Gasteiger partial charge is 0.296 e. The lowest BCUT2D eigenvalue weighted by atomic mass is 9.84. The van der Waals surface area contributed by atoms with Gasteiger partial charge in [-0.25, -0.2) is 0 Å². The highest BCUT2D eigenvalue weighted by Crippen LogP contribution is 2.30. The quantitative estimate of drug-likeness (QED) is 0.0671. The lowest BCUT2D eigenvalue weighted by Gasteiger charge is -2.25. The zero-order chi connectivity index (χ0) is 34.0. The summed E-state index contributed by atoms with van der Waals surface area (Å²) < 4.78 is 90.9. The molecule has 252 valence electrons. The van der Waals surface area contributed by atoms with Gasteiger partial charge in [-0.3, -0.25) is 22.7 Å². The summed E-state index contributed by atoms with van der Waals surface area (Å²) in [4.78, 5) is 11.9. The van der Waals surface area contributed by atoms with Crippen LogP contribution in [-0.4, -0.2) is 55.5 Å². The Morgan fingerprint density at radius 1 is 0.522 bits per heavy atom. The molecular weight excluding hydrogens is 659 g/mol. The molecule has 3 rings (SSSR count). The van der Waals surface area contributed by atoms with Gasteiger partial charge < -0.3 is 0 Å². The number of aryl methyl sites for hydroxylation is 3. The molecule has 0 atom stereocenters. The molecule has 0 radical (unpaired) electrons. The van der Waals surface area contributed by atoms with Gasteiger partial charge in [-0.15, -0.1) is 0 Å². The predicted octanol–water partition coefficient (Wildman–Crippen LogP) is 5.48. The lowest BCUT2D eigenvalue weighted by Crippen LogP contribution is -2.39. The van der Waals surface area contributed by atoms with Crippen LogP contribution in [0.2, 0.25) is 0 Å². The summed E-state index contributed by atoms with van der Waals surface area (Å²) in [5.74, 6) is 0. The van der Waals surface area contributed by atoms with E-state index in [1.807, 2.05) is 0 Å². The summed E-state index contributed by atoms with van der Waals surface area (Å²) in [7, 11) is -12.3. The smallest absolute Gasteiger partial charge is 0.266 e. The molecule has 0 saturated carbocycles. The molecular formula is C31H39NO11S3. The minimum atomic E-state index is -4.09. The van der Waals surface area contributed by atoms with Crippen LogP contribution in [0.3, 0.4) is 0 Å². The third-order valence-corrected chi connectivity index (χ3v) is 11.4. The predicted molar refractivity (Wildman–Crippen MR) is 170 cm³/mol. The summed E-state index contributed by atoms with van der Waals surface area (Å²) in [5.41, 5.74) is 0.924. The molecule has 0 fully saturated rings. The van der Waals surface area contributed by atoms with Crippen molar-refractivity contribution in [1.29, 1.82) is 0 Å². The van der Waals surface area contributed by atoms with Crippen LogP contribution < -0.4 is 0 Å². The Balaban J connectivity index is 1.66. The molecule has 0 saturated heterocycles. The molecule has 0 heterocycles. The van der Waals surface area contributed by atoms with Crippen molar-refractivity contribution in [2.75, 3.05) is 19.8 Å². The second-order valence-corrected chi connectivity index (χ2v) is 15.9. The summed E-state index contributed by atoms with van der Waals surface area (Å²) in [6.07, 6.45) is -0.429. The number of rotatable bonds is 19. The Morgan fingerprint density at radius 2 is 0.761 bits per heavy atom. The fraction of sp³-hybridized carbons (Fsp3) is 0.419. The first kappa shape index (κ1) is 37.2. The van der Waals surface area contributed by atoms with Gasteiger partial charge in [-0.2, -0.15) is 25.3 Å². The molecule has 0 amide bonds.